The van der Waals surface area contributed by atoms with Gasteiger partial charge in [-0.15, -0.1) is 0 Å². The molecule has 1 aliphatic heterocycles. The van der Waals surface area contributed by atoms with Gasteiger partial charge in [0.2, 0.25) is 0 Å². The molecular weight excluding hydrogens is 474 g/mol. The molecule has 2 heterocycles. The van der Waals surface area contributed by atoms with Crippen molar-refractivity contribution in [3.63, 3.8) is 0 Å². The van der Waals surface area contributed by atoms with E-state index in [4.69, 9.17) is 9.97 Å². The van der Waals surface area contributed by atoms with Gasteiger partial charge in [0.25, 0.3) is 0 Å². The Balaban J connectivity index is 1.32. The van der Waals surface area contributed by atoms with Gasteiger partial charge >= 0.3 is 0 Å². The monoisotopic (exact) mass is 507 g/mol. The van der Waals surface area contributed by atoms with Gasteiger partial charge in [0, 0.05) is 22.8 Å². The van der Waals surface area contributed by atoms with Gasteiger partial charge in [0.1, 0.15) is 0 Å². The lowest BCUT2D eigenvalue weighted by Gasteiger charge is -2.26. The summed E-state index contributed by atoms with van der Waals surface area (Å²) < 4.78 is 0. The summed E-state index contributed by atoms with van der Waals surface area (Å²) in [6.45, 7) is 4.56. The van der Waals surface area contributed by atoms with E-state index in [1.54, 1.807) is 0 Å². The van der Waals surface area contributed by atoms with Crippen molar-refractivity contribution in [3.8, 4) is 22.6 Å². The molecule has 0 unspecified atom stereocenters. The van der Waals surface area contributed by atoms with E-state index in [1.165, 1.54) is 16.7 Å². The van der Waals surface area contributed by atoms with Crippen molar-refractivity contribution in [3.05, 3.63) is 132 Å². The van der Waals surface area contributed by atoms with Crippen molar-refractivity contribution < 1.29 is 0 Å². The standard InChI is InChI=1S/C36H33N3/c1-36(2,30-20-16-28(17-21-30)32-15-9-10-24-37-32)31-22-18-29(19-23-31)35-38-33(26-11-5-3-6-12-26)25-34(39-35)27-13-7-4-8-14-27/h3,5-7,11-25H,4,8-10H2,1-2H3. The molecule has 3 heteroatoms. The molecule has 0 bridgehead atoms. The Morgan fingerprint density at radius 1 is 0.615 bits per heavy atom. The van der Waals surface area contributed by atoms with Crippen molar-refractivity contribution in [1.82, 2.24) is 9.97 Å². The van der Waals surface area contributed by atoms with E-state index in [0.29, 0.717) is 0 Å². The largest absolute Gasteiger partial charge is 0.261 e. The van der Waals surface area contributed by atoms with Crippen molar-refractivity contribution >= 4 is 17.5 Å². The smallest absolute Gasteiger partial charge is 0.160 e. The van der Waals surface area contributed by atoms with Crippen LogP contribution in [0.5, 0.6) is 0 Å². The van der Waals surface area contributed by atoms with Crippen molar-refractivity contribution in [1.29, 1.82) is 0 Å². The summed E-state index contributed by atoms with van der Waals surface area (Å²) in [7, 11) is 0. The van der Waals surface area contributed by atoms with Gasteiger partial charge in [-0.1, -0.05) is 117 Å². The fourth-order valence-electron chi connectivity index (χ4n) is 5.25. The summed E-state index contributed by atoms with van der Waals surface area (Å²) >= 11 is 0. The molecule has 0 atom stereocenters. The van der Waals surface area contributed by atoms with Crippen LogP contribution in [0.15, 0.2) is 114 Å². The summed E-state index contributed by atoms with van der Waals surface area (Å²) in [5, 5.41) is 0. The lowest BCUT2D eigenvalue weighted by Crippen LogP contribution is -2.18. The number of rotatable bonds is 6. The Bertz CT molecular complexity index is 1590. The number of benzene rings is 3. The summed E-state index contributed by atoms with van der Waals surface area (Å²) in [5.74, 6) is 0.751. The number of hydrogen-bond donors (Lipinski definition) is 0. The fourth-order valence-corrected chi connectivity index (χ4v) is 5.25. The molecule has 0 saturated carbocycles. The van der Waals surface area contributed by atoms with Gasteiger partial charge in [-0.3, -0.25) is 4.99 Å². The number of aliphatic imine (C=N–C) groups is 1. The highest BCUT2D eigenvalue weighted by molar-refractivity contribution is 5.78. The van der Waals surface area contributed by atoms with Crippen LogP contribution in [0.3, 0.4) is 0 Å². The minimum atomic E-state index is -0.142. The number of hydrogen-bond acceptors (Lipinski definition) is 3. The van der Waals surface area contributed by atoms with Gasteiger partial charge in [-0.05, 0) is 54.0 Å². The van der Waals surface area contributed by atoms with Crippen LogP contribution in [0.1, 0.15) is 61.9 Å². The summed E-state index contributed by atoms with van der Waals surface area (Å²) in [4.78, 5) is 14.6. The lowest BCUT2D eigenvalue weighted by molar-refractivity contribution is 0.641. The highest BCUT2D eigenvalue weighted by atomic mass is 14.9. The van der Waals surface area contributed by atoms with Crippen LogP contribution in [0.4, 0.5) is 0 Å². The first-order valence-corrected chi connectivity index (χ1v) is 13.8. The van der Waals surface area contributed by atoms with Gasteiger partial charge in [-0.25, -0.2) is 9.97 Å². The summed E-state index contributed by atoms with van der Waals surface area (Å²) in [5.41, 5.74) is 9.83. The topological polar surface area (TPSA) is 38.1 Å². The van der Waals surface area contributed by atoms with E-state index < -0.39 is 0 Å². The van der Waals surface area contributed by atoms with Crippen molar-refractivity contribution in [2.24, 2.45) is 4.99 Å². The minimum Gasteiger partial charge on any atom is -0.261 e. The maximum absolute atomic E-state index is 5.01. The molecule has 39 heavy (non-hydrogen) atoms. The molecule has 0 radical (unpaired) electrons. The molecule has 1 aromatic heterocycles. The molecule has 3 aromatic carbocycles. The van der Waals surface area contributed by atoms with E-state index >= 15 is 0 Å². The zero-order chi connectivity index (χ0) is 26.7. The van der Waals surface area contributed by atoms with E-state index in [0.717, 1.165) is 65.3 Å². The van der Waals surface area contributed by atoms with Gasteiger partial charge in [-0.2, -0.15) is 0 Å². The molecule has 2 aliphatic rings. The Labute approximate surface area is 231 Å². The molecule has 6 rings (SSSR count). The second kappa shape index (κ2) is 10.8. The van der Waals surface area contributed by atoms with Gasteiger partial charge < -0.3 is 0 Å². The Morgan fingerprint density at radius 3 is 1.92 bits per heavy atom. The first-order chi connectivity index (χ1) is 19.1. The molecule has 0 saturated heterocycles. The average molecular weight is 508 g/mol. The number of allylic oxidation sites excluding steroid dienone is 5. The van der Waals surface area contributed by atoms with Crippen LogP contribution in [0, 0.1) is 0 Å². The predicted octanol–water partition coefficient (Wildman–Crippen LogP) is 9.08. The van der Waals surface area contributed by atoms with Crippen LogP contribution in [-0.4, -0.2) is 16.2 Å². The first kappa shape index (κ1) is 24.9. The first-order valence-electron chi connectivity index (χ1n) is 13.8. The Morgan fingerprint density at radius 2 is 1.28 bits per heavy atom. The zero-order valence-corrected chi connectivity index (χ0v) is 22.6. The summed E-state index contributed by atoms with van der Waals surface area (Å²) in [6, 6.07) is 30.1. The maximum Gasteiger partial charge on any atom is 0.160 e. The van der Waals surface area contributed by atoms with Crippen molar-refractivity contribution in [2.45, 2.75) is 44.9 Å². The third-order valence-corrected chi connectivity index (χ3v) is 7.72. The summed E-state index contributed by atoms with van der Waals surface area (Å²) in [6.07, 6.45) is 15.1. The second-order valence-electron chi connectivity index (χ2n) is 10.7. The second-order valence-corrected chi connectivity index (χ2v) is 10.7. The molecule has 3 nitrogen and oxygen atoms in total. The average Bonchev–Trinajstić information content (AvgIpc) is 3.02. The van der Waals surface area contributed by atoms with E-state index in [9.17, 15) is 0 Å². The third-order valence-electron chi connectivity index (χ3n) is 7.72. The highest BCUT2D eigenvalue weighted by Crippen LogP contribution is 2.34. The fraction of sp³-hybridized carbons (Fsp3) is 0.194. The van der Waals surface area contributed by atoms with E-state index in [1.807, 2.05) is 12.3 Å². The molecule has 4 aromatic rings. The Kier molecular flexibility index (Phi) is 6.89. The highest BCUT2D eigenvalue weighted by Gasteiger charge is 2.23. The normalized spacial score (nSPS) is 15.1. The zero-order valence-electron chi connectivity index (χ0n) is 22.6. The van der Waals surface area contributed by atoms with E-state index in [-0.39, 0.29) is 5.41 Å². The van der Waals surface area contributed by atoms with E-state index in [2.05, 4.69) is 122 Å². The minimum absolute atomic E-state index is 0.142. The molecule has 0 fully saturated rings. The van der Waals surface area contributed by atoms with Crippen LogP contribution in [0.2, 0.25) is 0 Å². The Hall–Kier alpha value is -4.37. The molecular formula is C36H33N3. The molecule has 0 amide bonds. The van der Waals surface area contributed by atoms with Crippen LogP contribution >= 0.6 is 0 Å². The lowest BCUT2D eigenvalue weighted by atomic mass is 9.77. The predicted molar refractivity (Wildman–Crippen MR) is 164 cm³/mol. The van der Waals surface area contributed by atoms with Gasteiger partial charge in [0.05, 0.1) is 17.1 Å². The number of aromatic nitrogens is 2. The molecule has 192 valence electrons. The van der Waals surface area contributed by atoms with Crippen LogP contribution in [-0.2, 0) is 5.41 Å². The van der Waals surface area contributed by atoms with Crippen molar-refractivity contribution in [2.75, 3.05) is 0 Å². The third kappa shape index (κ3) is 5.31. The number of nitrogens with zero attached hydrogens (tertiary/aromatic N) is 3. The maximum atomic E-state index is 5.01. The van der Waals surface area contributed by atoms with Crippen LogP contribution < -0.4 is 0 Å². The quantitative estimate of drug-likeness (QED) is 0.261. The SMILES string of the molecule is CC(C)(c1ccc(C2=CCCC=N2)cc1)c1ccc(-c2nc(C3=CCCC=C3)cc(-c3ccccc3)n2)cc1. The molecule has 0 spiro atoms. The molecule has 1 aliphatic carbocycles. The van der Waals surface area contributed by atoms with Gasteiger partial charge in [0.15, 0.2) is 5.82 Å². The van der Waals surface area contributed by atoms with Crippen LogP contribution in [0.25, 0.3) is 33.9 Å². The molecule has 0 N–H and O–H groups in total.